The van der Waals surface area contributed by atoms with Gasteiger partial charge >= 0.3 is 5.97 Å². The maximum absolute atomic E-state index is 12.5. The number of amides is 1. The van der Waals surface area contributed by atoms with Crippen molar-refractivity contribution in [1.29, 1.82) is 0 Å². The number of nitro benzene ring substituents is 1. The number of nitro groups is 1. The quantitative estimate of drug-likeness (QED) is 0.323. The number of rotatable bonds is 8. The van der Waals surface area contributed by atoms with Crippen molar-refractivity contribution in [2.75, 3.05) is 31.1 Å². The van der Waals surface area contributed by atoms with Crippen molar-refractivity contribution in [3.8, 4) is 0 Å². The fourth-order valence-electron chi connectivity index (χ4n) is 2.99. The van der Waals surface area contributed by atoms with Crippen molar-refractivity contribution in [3.05, 3.63) is 33.9 Å². The molecule has 1 aliphatic rings. The van der Waals surface area contributed by atoms with Gasteiger partial charge in [0.1, 0.15) is 0 Å². The van der Waals surface area contributed by atoms with Crippen LogP contribution in [0.1, 0.15) is 49.9 Å². The fraction of sp³-hybridized carbons (Fsp3) is 0.579. The van der Waals surface area contributed by atoms with Gasteiger partial charge in [-0.3, -0.25) is 14.9 Å². The minimum atomic E-state index is -0.724. The molecule has 0 aliphatic carbocycles. The SMILES string of the molecule is CCCCNC(=O)COC(=O)c1cc([N+](=O)[O-])ccc1N1CCC(C)CC1. The van der Waals surface area contributed by atoms with Crippen LogP contribution in [-0.4, -0.2) is 43.0 Å². The number of carbonyl (C=O) groups excluding carboxylic acids is 2. The number of unbranched alkanes of at least 4 members (excludes halogenated alkanes) is 1. The number of nitrogens with one attached hydrogen (secondary N) is 1. The maximum Gasteiger partial charge on any atom is 0.341 e. The van der Waals surface area contributed by atoms with Crippen LogP contribution in [0.2, 0.25) is 0 Å². The lowest BCUT2D eigenvalue weighted by molar-refractivity contribution is -0.384. The zero-order valence-electron chi connectivity index (χ0n) is 15.9. The van der Waals surface area contributed by atoms with Crippen molar-refractivity contribution in [2.45, 2.75) is 39.5 Å². The molecule has 0 spiro atoms. The van der Waals surface area contributed by atoms with Crippen LogP contribution in [0.25, 0.3) is 0 Å². The van der Waals surface area contributed by atoms with Crippen LogP contribution in [0.3, 0.4) is 0 Å². The summed E-state index contributed by atoms with van der Waals surface area (Å²) < 4.78 is 5.11. The minimum absolute atomic E-state index is 0.125. The summed E-state index contributed by atoms with van der Waals surface area (Å²) in [4.78, 5) is 36.9. The Kier molecular flexibility index (Phi) is 7.57. The normalized spacial score (nSPS) is 14.7. The van der Waals surface area contributed by atoms with Crippen molar-refractivity contribution >= 4 is 23.3 Å². The Labute approximate surface area is 159 Å². The van der Waals surface area contributed by atoms with Crippen LogP contribution in [0.4, 0.5) is 11.4 Å². The predicted octanol–water partition coefficient (Wildman–Crippen LogP) is 2.90. The number of non-ortho nitro benzene ring substituents is 1. The summed E-state index contributed by atoms with van der Waals surface area (Å²) in [6, 6.07) is 4.21. The molecular formula is C19H27N3O5. The van der Waals surface area contributed by atoms with E-state index in [-0.39, 0.29) is 17.2 Å². The highest BCUT2D eigenvalue weighted by Crippen LogP contribution is 2.29. The molecule has 27 heavy (non-hydrogen) atoms. The molecule has 2 rings (SSSR count). The van der Waals surface area contributed by atoms with Crippen molar-refractivity contribution < 1.29 is 19.2 Å². The first-order valence-corrected chi connectivity index (χ1v) is 9.39. The summed E-state index contributed by atoms with van der Waals surface area (Å²) in [5, 5.41) is 13.8. The Balaban J connectivity index is 2.11. The number of nitrogens with zero attached hydrogens (tertiary/aromatic N) is 2. The van der Waals surface area contributed by atoms with E-state index in [1.165, 1.54) is 12.1 Å². The summed E-state index contributed by atoms with van der Waals surface area (Å²) in [5.41, 5.74) is 0.562. The van der Waals surface area contributed by atoms with Crippen molar-refractivity contribution in [2.24, 2.45) is 5.92 Å². The Hall–Kier alpha value is -2.64. The van der Waals surface area contributed by atoms with E-state index in [1.807, 2.05) is 11.8 Å². The second-order valence-corrected chi connectivity index (χ2v) is 6.91. The van der Waals surface area contributed by atoms with Gasteiger partial charge in [0.05, 0.1) is 16.2 Å². The number of benzene rings is 1. The highest BCUT2D eigenvalue weighted by molar-refractivity contribution is 5.97. The van der Waals surface area contributed by atoms with Gasteiger partial charge in [-0.1, -0.05) is 20.3 Å². The van der Waals surface area contributed by atoms with Gasteiger partial charge < -0.3 is 15.0 Å². The molecular weight excluding hydrogens is 350 g/mol. The monoisotopic (exact) mass is 377 g/mol. The van der Waals surface area contributed by atoms with Gasteiger partial charge in [0.2, 0.25) is 0 Å². The molecule has 1 heterocycles. The summed E-state index contributed by atoms with van der Waals surface area (Å²) in [7, 11) is 0. The first kappa shape index (κ1) is 20.7. The molecule has 0 saturated carbocycles. The molecule has 1 saturated heterocycles. The number of esters is 1. The largest absolute Gasteiger partial charge is 0.452 e. The molecule has 0 atom stereocenters. The van der Waals surface area contributed by atoms with Crippen LogP contribution in [-0.2, 0) is 9.53 Å². The third-order valence-corrected chi connectivity index (χ3v) is 4.72. The topological polar surface area (TPSA) is 102 Å². The highest BCUT2D eigenvalue weighted by Gasteiger charge is 2.24. The molecule has 8 heteroatoms. The zero-order chi connectivity index (χ0) is 19.8. The maximum atomic E-state index is 12.5. The zero-order valence-corrected chi connectivity index (χ0v) is 15.9. The minimum Gasteiger partial charge on any atom is -0.452 e. The van der Waals surface area contributed by atoms with Crippen LogP contribution >= 0.6 is 0 Å². The van der Waals surface area contributed by atoms with E-state index in [9.17, 15) is 19.7 Å². The lowest BCUT2D eigenvalue weighted by Crippen LogP contribution is -2.34. The summed E-state index contributed by atoms with van der Waals surface area (Å²) in [6.45, 7) is 5.87. The van der Waals surface area contributed by atoms with Crippen LogP contribution < -0.4 is 10.2 Å². The fourth-order valence-corrected chi connectivity index (χ4v) is 2.99. The third kappa shape index (κ3) is 5.94. The van der Waals surface area contributed by atoms with E-state index < -0.39 is 17.5 Å². The highest BCUT2D eigenvalue weighted by atomic mass is 16.6. The van der Waals surface area contributed by atoms with E-state index in [2.05, 4.69) is 12.2 Å². The lowest BCUT2D eigenvalue weighted by Gasteiger charge is -2.33. The average molecular weight is 377 g/mol. The predicted molar refractivity (Wildman–Crippen MR) is 102 cm³/mol. The second kappa shape index (κ2) is 9.89. The lowest BCUT2D eigenvalue weighted by atomic mass is 9.98. The molecule has 8 nitrogen and oxygen atoms in total. The molecule has 0 aromatic heterocycles. The van der Waals surface area contributed by atoms with Gasteiger partial charge in [0.15, 0.2) is 6.61 Å². The second-order valence-electron chi connectivity index (χ2n) is 6.91. The number of ether oxygens (including phenoxy) is 1. The van der Waals surface area contributed by atoms with E-state index in [1.54, 1.807) is 6.07 Å². The number of hydrogen-bond donors (Lipinski definition) is 1. The van der Waals surface area contributed by atoms with Gasteiger partial charge in [-0.2, -0.15) is 0 Å². The molecule has 1 N–H and O–H groups in total. The number of piperidine rings is 1. The summed E-state index contributed by atoms with van der Waals surface area (Å²) in [6.07, 6.45) is 3.78. The number of hydrogen-bond acceptors (Lipinski definition) is 6. The van der Waals surface area contributed by atoms with Crippen LogP contribution in [0.5, 0.6) is 0 Å². The first-order valence-electron chi connectivity index (χ1n) is 9.39. The number of anilines is 1. The Morgan fingerprint density at radius 1 is 1.33 bits per heavy atom. The Bertz CT molecular complexity index is 684. The Morgan fingerprint density at radius 3 is 2.67 bits per heavy atom. The van der Waals surface area contributed by atoms with Crippen LogP contribution in [0, 0.1) is 16.0 Å². The van der Waals surface area contributed by atoms with E-state index in [0.29, 0.717) is 18.2 Å². The van der Waals surface area contributed by atoms with Gasteiger partial charge in [0.25, 0.3) is 11.6 Å². The molecule has 1 amide bonds. The molecule has 1 fully saturated rings. The standard InChI is InChI=1S/C19H27N3O5/c1-3-4-9-20-18(23)13-27-19(24)16-12-15(22(25)26)5-6-17(16)21-10-7-14(2)8-11-21/h5-6,12,14H,3-4,7-11,13H2,1-2H3,(H,20,23). The average Bonchev–Trinajstić information content (AvgIpc) is 2.66. The number of carbonyl (C=O) groups is 2. The van der Waals surface area contributed by atoms with Gasteiger partial charge in [-0.25, -0.2) is 4.79 Å². The molecule has 0 bridgehead atoms. The van der Waals surface area contributed by atoms with Gasteiger partial charge in [0, 0.05) is 31.8 Å². The molecule has 148 valence electrons. The van der Waals surface area contributed by atoms with Gasteiger partial charge in [-0.15, -0.1) is 0 Å². The van der Waals surface area contributed by atoms with E-state index in [4.69, 9.17) is 4.74 Å². The van der Waals surface area contributed by atoms with Crippen molar-refractivity contribution in [3.63, 3.8) is 0 Å². The van der Waals surface area contributed by atoms with E-state index >= 15 is 0 Å². The molecule has 1 aliphatic heterocycles. The van der Waals surface area contributed by atoms with Crippen molar-refractivity contribution in [1.82, 2.24) is 5.32 Å². The molecule has 1 aromatic carbocycles. The molecule has 0 radical (unpaired) electrons. The smallest absolute Gasteiger partial charge is 0.341 e. The van der Waals surface area contributed by atoms with Crippen LogP contribution in [0.15, 0.2) is 18.2 Å². The Morgan fingerprint density at radius 2 is 2.04 bits per heavy atom. The molecule has 1 aromatic rings. The first-order chi connectivity index (χ1) is 12.9. The van der Waals surface area contributed by atoms with E-state index in [0.717, 1.165) is 38.8 Å². The summed E-state index contributed by atoms with van der Waals surface area (Å²) >= 11 is 0. The van der Waals surface area contributed by atoms with Gasteiger partial charge in [-0.05, 0) is 31.2 Å². The third-order valence-electron chi connectivity index (χ3n) is 4.72. The summed E-state index contributed by atoms with van der Waals surface area (Å²) in [5.74, 6) is -0.491. The molecule has 0 unspecified atom stereocenters.